The molecule has 1 heterocycles. The molecule has 1 aliphatic carbocycles. The molecule has 3 rings (SSSR count). The summed E-state index contributed by atoms with van der Waals surface area (Å²) in [6.07, 6.45) is 8.47. The molecule has 7 heteroatoms. The van der Waals surface area contributed by atoms with Crippen LogP contribution >= 0.6 is 0 Å². The first kappa shape index (κ1) is 28.3. The van der Waals surface area contributed by atoms with Gasteiger partial charge in [0.15, 0.2) is 0 Å². The van der Waals surface area contributed by atoms with Gasteiger partial charge in [-0.1, -0.05) is 68.5 Å². The molecule has 1 aromatic heterocycles. The lowest BCUT2D eigenvalue weighted by Gasteiger charge is -2.44. The molecule has 1 aliphatic rings. The van der Waals surface area contributed by atoms with Gasteiger partial charge in [-0.15, -0.1) is 0 Å². The predicted octanol–water partition coefficient (Wildman–Crippen LogP) is 3.40. The summed E-state index contributed by atoms with van der Waals surface area (Å²) in [5.74, 6) is -1.10. The van der Waals surface area contributed by atoms with Crippen LogP contribution in [0.15, 0.2) is 78.5 Å². The number of aliphatic hydroxyl groups excluding tert-OH is 1. The number of primary amides is 1. The number of carbonyl (C=O) groups excluding carboxylic acids is 2. The number of hydrogen-bond donors (Lipinski definition) is 3. The Morgan fingerprint density at radius 3 is 2.43 bits per heavy atom. The smallest absolute Gasteiger partial charge is 0.244 e. The molecule has 0 bridgehead atoms. The third kappa shape index (κ3) is 7.37. The van der Waals surface area contributed by atoms with E-state index in [0.29, 0.717) is 31.6 Å². The van der Waals surface area contributed by atoms with E-state index in [0.717, 1.165) is 24.1 Å². The van der Waals surface area contributed by atoms with Crippen molar-refractivity contribution in [2.75, 3.05) is 19.6 Å². The molecule has 4 N–H and O–H groups in total. The van der Waals surface area contributed by atoms with Gasteiger partial charge in [-0.2, -0.15) is 0 Å². The van der Waals surface area contributed by atoms with Gasteiger partial charge in [0.05, 0.1) is 17.2 Å². The summed E-state index contributed by atoms with van der Waals surface area (Å²) < 4.78 is 0. The number of rotatable bonds is 14. The van der Waals surface area contributed by atoms with E-state index >= 15 is 0 Å². The van der Waals surface area contributed by atoms with Crippen LogP contribution < -0.4 is 11.1 Å². The van der Waals surface area contributed by atoms with Crippen molar-refractivity contribution in [1.82, 2.24) is 15.2 Å². The number of benzene rings is 1. The third-order valence-electron chi connectivity index (χ3n) is 6.97. The summed E-state index contributed by atoms with van der Waals surface area (Å²) in [7, 11) is 0. The van der Waals surface area contributed by atoms with Crippen molar-refractivity contribution in [3.05, 3.63) is 89.8 Å². The first-order valence-electron chi connectivity index (χ1n) is 13.2. The SMILES string of the molecule is CCCN(CCC)C(=O)C1([C@H](Cc2ccccc2)[C@@H](O)CNCc2ccccn2)C=CC=C(C(N)=O)C1. The highest BCUT2D eigenvalue weighted by Gasteiger charge is 2.49. The van der Waals surface area contributed by atoms with Gasteiger partial charge in [0.2, 0.25) is 11.8 Å². The summed E-state index contributed by atoms with van der Waals surface area (Å²) in [6.45, 7) is 6.09. The largest absolute Gasteiger partial charge is 0.391 e. The van der Waals surface area contributed by atoms with E-state index in [9.17, 15) is 14.7 Å². The Morgan fingerprint density at radius 2 is 1.81 bits per heavy atom. The number of aromatic nitrogens is 1. The summed E-state index contributed by atoms with van der Waals surface area (Å²) in [6, 6.07) is 15.6. The molecule has 2 aromatic rings. The number of nitrogens with one attached hydrogen (secondary N) is 1. The van der Waals surface area contributed by atoms with Gasteiger partial charge in [0.25, 0.3) is 0 Å². The molecule has 2 amide bonds. The number of carbonyl (C=O) groups is 2. The first-order valence-corrected chi connectivity index (χ1v) is 13.2. The van der Waals surface area contributed by atoms with Crippen molar-refractivity contribution in [3.63, 3.8) is 0 Å². The molecular formula is C30H40N4O3. The molecule has 0 saturated heterocycles. The van der Waals surface area contributed by atoms with Crippen molar-refractivity contribution >= 4 is 11.8 Å². The lowest BCUT2D eigenvalue weighted by molar-refractivity contribution is -0.145. The number of aliphatic hydroxyl groups is 1. The predicted molar refractivity (Wildman–Crippen MR) is 146 cm³/mol. The van der Waals surface area contributed by atoms with Crippen molar-refractivity contribution < 1.29 is 14.7 Å². The van der Waals surface area contributed by atoms with Crippen LogP contribution in [0.2, 0.25) is 0 Å². The van der Waals surface area contributed by atoms with Gasteiger partial charge in [0, 0.05) is 43.9 Å². The van der Waals surface area contributed by atoms with Crippen LogP contribution in [0.4, 0.5) is 0 Å². The van der Waals surface area contributed by atoms with Crippen LogP contribution in [0.25, 0.3) is 0 Å². The maximum Gasteiger partial charge on any atom is 0.244 e. The number of allylic oxidation sites excluding steroid dienone is 2. The fourth-order valence-corrected chi connectivity index (χ4v) is 5.17. The highest BCUT2D eigenvalue weighted by Crippen LogP contribution is 2.44. The second kappa shape index (κ2) is 13.9. The molecule has 0 saturated carbocycles. The summed E-state index contributed by atoms with van der Waals surface area (Å²) >= 11 is 0. The molecule has 1 aromatic carbocycles. The van der Waals surface area contributed by atoms with E-state index in [2.05, 4.69) is 10.3 Å². The Bertz CT molecular complexity index is 1060. The number of hydrogen-bond acceptors (Lipinski definition) is 5. The van der Waals surface area contributed by atoms with E-state index in [1.165, 1.54) is 0 Å². The zero-order valence-corrected chi connectivity index (χ0v) is 22.0. The molecule has 0 aliphatic heterocycles. The quantitative estimate of drug-likeness (QED) is 0.365. The molecule has 37 heavy (non-hydrogen) atoms. The Morgan fingerprint density at radius 1 is 1.11 bits per heavy atom. The second-order valence-corrected chi connectivity index (χ2v) is 9.74. The normalized spacial score (nSPS) is 18.6. The van der Waals surface area contributed by atoms with E-state index in [1.54, 1.807) is 18.3 Å². The molecule has 3 atom stereocenters. The minimum atomic E-state index is -1.11. The fraction of sp³-hybridized carbons (Fsp3) is 0.433. The highest BCUT2D eigenvalue weighted by atomic mass is 16.3. The molecule has 0 fully saturated rings. The summed E-state index contributed by atoms with van der Waals surface area (Å²) in [5, 5.41) is 15.0. The van der Waals surface area contributed by atoms with Crippen LogP contribution in [0, 0.1) is 11.3 Å². The van der Waals surface area contributed by atoms with E-state index in [4.69, 9.17) is 5.73 Å². The summed E-state index contributed by atoms with van der Waals surface area (Å²) in [5.41, 5.74) is 6.89. The van der Waals surface area contributed by atoms with Gasteiger partial charge >= 0.3 is 0 Å². The molecule has 198 valence electrons. The van der Waals surface area contributed by atoms with E-state index in [1.807, 2.05) is 73.4 Å². The maximum absolute atomic E-state index is 14.4. The monoisotopic (exact) mass is 504 g/mol. The van der Waals surface area contributed by atoms with E-state index < -0.39 is 23.3 Å². The fourth-order valence-electron chi connectivity index (χ4n) is 5.17. The van der Waals surface area contributed by atoms with Gasteiger partial charge in [-0.25, -0.2) is 0 Å². The zero-order chi connectivity index (χ0) is 26.7. The summed E-state index contributed by atoms with van der Waals surface area (Å²) in [4.78, 5) is 32.8. The van der Waals surface area contributed by atoms with Gasteiger partial charge in [-0.3, -0.25) is 14.6 Å². The Labute approximate surface area is 220 Å². The number of nitrogens with zero attached hydrogens (tertiary/aromatic N) is 2. The first-order chi connectivity index (χ1) is 17.9. The maximum atomic E-state index is 14.4. The van der Waals surface area contributed by atoms with Gasteiger partial charge < -0.3 is 21.1 Å². The van der Waals surface area contributed by atoms with E-state index in [-0.39, 0.29) is 18.9 Å². The number of amides is 2. The van der Waals surface area contributed by atoms with Crippen LogP contribution in [0.1, 0.15) is 44.4 Å². The topological polar surface area (TPSA) is 109 Å². The lowest BCUT2D eigenvalue weighted by atomic mass is 9.64. The standard InChI is InChI=1S/C30H40N4O3/c1-3-17-34(18-4-2)29(37)30(15-10-13-24(20-30)28(31)36)26(19-23-11-6-5-7-12-23)27(35)22-32-21-25-14-8-9-16-33-25/h5-16,26-27,32,35H,3-4,17-22H2,1-2H3,(H2,31,36)/t26-,27+,30?/m1/s1. The van der Waals surface area contributed by atoms with Crippen LogP contribution in [-0.2, 0) is 22.6 Å². The molecular weight excluding hydrogens is 464 g/mol. The Hall–Kier alpha value is -3.29. The number of pyridine rings is 1. The van der Waals surface area contributed by atoms with Gasteiger partial charge in [0.1, 0.15) is 0 Å². The van der Waals surface area contributed by atoms with Crippen LogP contribution in [0.5, 0.6) is 0 Å². The van der Waals surface area contributed by atoms with Crippen molar-refractivity contribution in [2.24, 2.45) is 17.1 Å². The minimum absolute atomic E-state index is 0.0657. The second-order valence-electron chi connectivity index (χ2n) is 9.74. The van der Waals surface area contributed by atoms with Crippen LogP contribution in [0.3, 0.4) is 0 Å². The Balaban J connectivity index is 1.99. The molecule has 0 spiro atoms. The minimum Gasteiger partial charge on any atom is -0.391 e. The van der Waals surface area contributed by atoms with Crippen molar-refractivity contribution in [2.45, 2.75) is 52.2 Å². The lowest BCUT2D eigenvalue weighted by Crippen LogP contribution is -2.54. The van der Waals surface area contributed by atoms with Crippen LogP contribution in [-0.4, -0.2) is 52.5 Å². The molecule has 1 unspecified atom stereocenters. The zero-order valence-electron chi connectivity index (χ0n) is 22.0. The van der Waals surface area contributed by atoms with Crippen molar-refractivity contribution in [3.8, 4) is 0 Å². The highest BCUT2D eigenvalue weighted by molar-refractivity contribution is 5.95. The molecule has 7 nitrogen and oxygen atoms in total. The average molecular weight is 505 g/mol. The molecule has 0 radical (unpaired) electrons. The number of nitrogens with two attached hydrogens (primary N) is 1. The Kier molecular flexibility index (Phi) is 10.6. The average Bonchev–Trinajstić information content (AvgIpc) is 2.92. The third-order valence-corrected chi connectivity index (χ3v) is 6.97. The van der Waals surface area contributed by atoms with Crippen molar-refractivity contribution in [1.29, 1.82) is 0 Å². The van der Waals surface area contributed by atoms with Gasteiger partial charge in [-0.05, 0) is 43.4 Å².